The van der Waals surface area contributed by atoms with E-state index >= 15 is 0 Å². The molecule has 0 aliphatic rings. The number of rotatable bonds is 4. The SMILES string of the molecule is CCOC(=O)c1nnn(-c2ccc(C(C)C)cc2)c1C. The molecule has 0 radical (unpaired) electrons. The van der Waals surface area contributed by atoms with Crippen molar-refractivity contribution in [3.63, 3.8) is 0 Å². The van der Waals surface area contributed by atoms with Gasteiger partial charge in [0.25, 0.3) is 0 Å². The smallest absolute Gasteiger partial charge is 0.360 e. The van der Waals surface area contributed by atoms with Crippen LogP contribution in [0.4, 0.5) is 0 Å². The van der Waals surface area contributed by atoms with E-state index in [1.807, 2.05) is 19.1 Å². The van der Waals surface area contributed by atoms with Crippen LogP contribution < -0.4 is 0 Å². The van der Waals surface area contributed by atoms with Crippen molar-refractivity contribution in [3.8, 4) is 5.69 Å². The summed E-state index contributed by atoms with van der Waals surface area (Å²) in [6.07, 6.45) is 0. The third kappa shape index (κ3) is 2.71. The molecule has 0 saturated carbocycles. The van der Waals surface area contributed by atoms with E-state index in [9.17, 15) is 4.79 Å². The fraction of sp³-hybridized carbons (Fsp3) is 0.400. The minimum atomic E-state index is -0.435. The zero-order valence-corrected chi connectivity index (χ0v) is 12.3. The Morgan fingerprint density at radius 3 is 2.50 bits per heavy atom. The van der Waals surface area contributed by atoms with Gasteiger partial charge in [-0.2, -0.15) is 0 Å². The second-order valence-electron chi connectivity index (χ2n) is 4.90. The van der Waals surface area contributed by atoms with Crippen LogP contribution in [0.25, 0.3) is 5.69 Å². The summed E-state index contributed by atoms with van der Waals surface area (Å²) >= 11 is 0. The van der Waals surface area contributed by atoms with Gasteiger partial charge >= 0.3 is 5.97 Å². The minimum absolute atomic E-state index is 0.264. The largest absolute Gasteiger partial charge is 0.461 e. The number of aromatic nitrogens is 3. The number of hydrogen-bond acceptors (Lipinski definition) is 4. The first-order valence-corrected chi connectivity index (χ1v) is 6.74. The molecule has 0 unspecified atom stereocenters. The summed E-state index contributed by atoms with van der Waals surface area (Å²) in [7, 11) is 0. The lowest BCUT2D eigenvalue weighted by Gasteiger charge is -2.07. The van der Waals surface area contributed by atoms with Gasteiger partial charge in [0, 0.05) is 0 Å². The highest BCUT2D eigenvalue weighted by molar-refractivity contribution is 5.88. The van der Waals surface area contributed by atoms with Crippen molar-refractivity contribution in [3.05, 3.63) is 41.2 Å². The van der Waals surface area contributed by atoms with Crippen LogP contribution in [0.1, 0.15) is 48.4 Å². The van der Waals surface area contributed by atoms with Gasteiger partial charge < -0.3 is 4.74 Å². The first-order chi connectivity index (χ1) is 9.54. The Morgan fingerprint density at radius 1 is 1.30 bits per heavy atom. The molecular weight excluding hydrogens is 254 g/mol. The van der Waals surface area contributed by atoms with Gasteiger partial charge in [0.2, 0.25) is 0 Å². The van der Waals surface area contributed by atoms with E-state index in [1.165, 1.54) is 5.56 Å². The molecule has 0 amide bonds. The van der Waals surface area contributed by atoms with Gasteiger partial charge in [-0.15, -0.1) is 5.10 Å². The first-order valence-electron chi connectivity index (χ1n) is 6.74. The molecule has 0 N–H and O–H groups in total. The van der Waals surface area contributed by atoms with Gasteiger partial charge in [-0.05, 0) is 37.5 Å². The highest BCUT2D eigenvalue weighted by Crippen LogP contribution is 2.18. The maximum absolute atomic E-state index is 11.7. The molecule has 5 nitrogen and oxygen atoms in total. The van der Waals surface area contributed by atoms with E-state index in [4.69, 9.17) is 4.74 Å². The van der Waals surface area contributed by atoms with Crippen LogP contribution >= 0.6 is 0 Å². The minimum Gasteiger partial charge on any atom is -0.461 e. The third-order valence-electron chi connectivity index (χ3n) is 3.17. The highest BCUT2D eigenvalue weighted by atomic mass is 16.5. The predicted molar refractivity (Wildman–Crippen MR) is 76.1 cm³/mol. The highest BCUT2D eigenvalue weighted by Gasteiger charge is 2.18. The molecule has 0 spiro atoms. The van der Waals surface area contributed by atoms with Crippen LogP contribution in [-0.4, -0.2) is 27.6 Å². The van der Waals surface area contributed by atoms with Crippen molar-refractivity contribution < 1.29 is 9.53 Å². The summed E-state index contributed by atoms with van der Waals surface area (Å²) in [5.41, 5.74) is 3.09. The molecule has 2 aromatic rings. The van der Waals surface area contributed by atoms with Crippen LogP contribution in [0, 0.1) is 6.92 Å². The quantitative estimate of drug-likeness (QED) is 0.804. The van der Waals surface area contributed by atoms with Gasteiger partial charge in [-0.3, -0.25) is 0 Å². The Balaban J connectivity index is 2.32. The first kappa shape index (κ1) is 14.2. The van der Waals surface area contributed by atoms with Crippen molar-refractivity contribution in [2.45, 2.75) is 33.6 Å². The Kier molecular flexibility index (Phi) is 4.17. The van der Waals surface area contributed by atoms with Crippen LogP contribution in [0.2, 0.25) is 0 Å². The molecule has 1 heterocycles. The predicted octanol–water partition coefficient (Wildman–Crippen LogP) is 2.88. The van der Waals surface area contributed by atoms with Crippen molar-refractivity contribution in [2.75, 3.05) is 6.61 Å². The monoisotopic (exact) mass is 273 g/mol. The van der Waals surface area contributed by atoms with Crippen LogP contribution in [-0.2, 0) is 4.74 Å². The number of nitrogens with zero attached hydrogens (tertiary/aromatic N) is 3. The Labute approximate surface area is 118 Å². The number of benzene rings is 1. The van der Waals surface area contributed by atoms with Crippen molar-refractivity contribution >= 4 is 5.97 Å². The molecule has 0 atom stereocenters. The summed E-state index contributed by atoms with van der Waals surface area (Å²) < 4.78 is 6.60. The second-order valence-corrected chi connectivity index (χ2v) is 4.90. The van der Waals surface area contributed by atoms with Gasteiger partial charge in [-0.25, -0.2) is 9.48 Å². The molecule has 2 rings (SSSR count). The van der Waals surface area contributed by atoms with Gasteiger partial charge in [0.05, 0.1) is 18.0 Å². The van der Waals surface area contributed by atoms with Crippen LogP contribution in [0.15, 0.2) is 24.3 Å². The van der Waals surface area contributed by atoms with Crippen LogP contribution in [0.5, 0.6) is 0 Å². The van der Waals surface area contributed by atoms with E-state index in [-0.39, 0.29) is 5.69 Å². The number of carbonyl (C=O) groups is 1. The average molecular weight is 273 g/mol. The Bertz CT molecular complexity index is 600. The summed E-state index contributed by atoms with van der Waals surface area (Å²) in [4.78, 5) is 11.7. The molecule has 106 valence electrons. The standard InChI is InChI=1S/C15H19N3O2/c1-5-20-15(19)14-11(4)18(17-16-14)13-8-6-12(7-9-13)10(2)3/h6-10H,5H2,1-4H3. The summed E-state index contributed by atoms with van der Waals surface area (Å²) in [6, 6.07) is 8.08. The number of esters is 1. The summed E-state index contributed by atoms with van der Waals surface area (Å²) in [5.74, 6) is 0.0473. The summed E-state index contributed by atoms with van der Waals surface area (Å²) in [5, 5.41) is 7.94. The van der Waals surface area contributed by atoms with E-state index in [0.717, 1.165) is 5.69 Å². The fourth-order valence-corrected chi connectivity index (χ4v) is 1.96. The lowest BCUT2D eigenvalue weighted by atomic mass is 10.0. The molecule has 0 aliphatic carbocycles. The maximum atomic E-state index is 11.7. The normalized spacial score (nSPS) is 10.8. The third-order valence-corrected chi connectivity index (χ3v) is 3.17. The average Bonchev–Trinajstić information content (AvgIpc) is 2.81. The Morgan fingerprint density at radius 2 is 1.95 bits per heavy atom. The Hall–Kier alpha value is -2.17. The zero-order chi connectivity index (χ0) is 14.7. The van der Waals surface area contributed by atoms with Crippen molar-refractivity contribution in [2.24, 2.45) is 0 Å². The molecule has 1 aromatic heterocycles. The van der Waals surface area contributed by atoms with Gasteiger partial charge in [0.1, 0.15) is 0 Å². The van der Waals surface area contributed by atoms with E-state index in [0.29, 0.717) is 18.2 Å². The summed E-state index contributed by atoms with van der Waals surface area (Å²) in [6.45, 7) is 8.20. The second kappa shape index (κ2) is 5.86. The molecule has 20 heavy (non-hydrogen) atoms. The number of ether oxygens (including phenoxy) is 1. The topological polar surface area (TPSA) is 57.0 Å². The number of carbonyl (C=O) groups excluding carboxylic acids is 1. The molecule has 1 aromatic carbocycles. The van der Waals surface area contributed by atoms with Crippen molar-refractivity contribution in [1.82, 2.24) is 15.0 Å². The molecule has 0 bridgehead atoms. The van der Waals surface area contributed by atoms with Gasteiger partial charge in [-0.1, -0.05) is 31.2 Å². The maximum Gasteiger partial charge on any atom is 0.360 e. The molecule has 5 heteroatoms. The molecule has 0 fully saturated rings. The van der Waals surface area contributed by atoms with E-state index in [1.54, 1.807) is 11.6 Å². The molecule has 0 saturated heterocycles. The van der Waals surface area contributed by atoms with E-state index in [2.05, 4.69) is 36.3 Å². The number of hydrogen-bond donors (Lipinski definition) is 0. The van der Waals surface area contributed by atoms with Crippen molar-refractivity contribution in [1.29, 1.82) is 0 Å². The van der Waals surface area contributed by atoms with E-state index < -0.39 is 5.97 Å². The lowest BCUT2D eigenvalue weighted by molar-refractivity contribution is 0.0518. The molecular formula is C15H19N3O2. The zero-order valence-electron chi connectivity index (χ0n) is 12.3. The molecule has 0 aliphatic heterocycles. The lowest BCUT2D eigenvalue weighted by Crippen LogP contribution is -2.07. The van der Waals surface area contributed by atoms with Crippen LogP contribution in [0.3, 0.4) is 0 Å². The van der Waals surface area contributed by atoms with Gasteiger partial charge in [0.15, 0.2) is 5.69 Å². The fourth-order valence-electron chi connectivity index (χ4n) is 1.96.